The van der Waals surface area contributed by atoms with Gasteiger partial charge in [0, 0.05) is 0 Å². The first kappa shape index (κ1) is 21.4. The van der Waals surface area contributed by atoms with Crippen molar-refractivity contribution in [3.8, 4) is 0 Å². The molecule has 127 valence electrons. The maximum atomic E-state index is 2.97. The Morgan fingerprint density at radius 2 is 1.00 bits per heavy atom. The fourth-order valence-electron chi connectivity index (χ4n) is 3.00. The molecule has 0 rings (SSSR count). The molecule has 2 atom stereocenters. The normalized spacial score (nSPS) is 12.7. The third-order valence-corrected chi connectivity index (χ3v) is 5.03. The zero-order valence-electron chi connectivity index (χ0n) is 15.0. The predicted molar refractivity (Wildman–Crippen MR) is 103 cm³/mol. The highest BCUT2D eigenvalue weighted by molar-refractivity contribution is 7.17. The van der Waals surface area contributed by atoms with Gasteiger partial charge < -0.3 is 0 Å². The van der Waals surface area contributed by atoms with Crippen molar-refractivity contribution in [3.05, 3.63) is 6.42 Å². The second-order valence-corrected chi connectivity index (χ2v) is 7.55. The third kappa shape index (κ3) is 18.4. The van der Waals surface area contributed by atoms with E-state index in [1.54, 1.807) is 0 Å². The van der Waals surface area contributed by atoms with Crippen molar-refractivity contribution in [3.63, 3.8) is 0 Å². The first-order valence-corrected chi connectivity index (χ1v) is 10.6. The van der Waals surface area contributed by atoms with E-state index in [1.807, 2.05) is 0 Å². The molecule has 1 heteroatoms. The Kier molecular flexibility index (Phi) is 18.9. The summed E-state index contributed by atoms with van der Waals surface area (Å²) in [4.78, 5) is 0. The third-order valence-electron chi connectivity index (χ3n) is 4.43. The van der Waals surface area contributed by atoms with E-state index in [4.69, 9.17) is 0 Å². The highest BCUT2D eigenvalue weighted by atomic mass is 31.0. The van der Waals surface area contributed by atoms with Gasteiger partial charge in [0.15, 0.2) is 0 Å². The molecule has 0 aliphatic carbocycles. The van der Waals surface area contributed by atoms with Crippen LogP contribution in [0.4, 0.5) is 0 Å². The molecule has 0 fully saturated rings. The van der Waals surface area contributed by atoms with Gasteiger partial charge in [0.05, 0.1) is 0 Å². The van der Waals surface area contributed by atoms with Gasteiger partial charge in [0.2, 0.25) is 0 Å². The van der Waals surface area contributed by atoms with Gasteiger partial charge >= 0.3 is 0 Å². The van der Waals surface area contributed by atoms with E-state index < -0.39 is 0 Å². The lowest BCUT2D eigenvalue weighted by Gasteiger charge is -2.08. The van der Waals surface area contributed by atoms with Gasteiger partial charge in [-0.3, -0.25) is 0 Å². The van der Waals surface area contributed by atoms with Crippen LogP contribution in [0.2, 0.25) is 0 Å². The summed E-state index contributed by atoms with van der Waals surface area (Å²) in [5.74, 6) is 0. The van der Waals surface area contributed by atoms with E-state index >= 15 is 0 Å². The highest BCUT2D eigenvalue weighted by Gasteiger charge is 2.00. The molecule has 0 aliphatic heterocycles. The van der Waals surface area contributed by atoms with Crippen molar-refractivity contribution in [2.75, 3.05) is 0 Å². The van der Waals surface area contributed by atoms with Crippen LogP contribution in [0.1, 0.15) is 117 Å². The first-order valence-electron chi connectivity index (χ1n) is 9.90. The largest absolute Gasteiger partial charge is 0.134 e. The van der Waals surface area contributed by atoms with E-state index in [1.165, 1.54) is 103 Å². The van der Waals surface area contributed by atoms with Crippen LogP contribution in [0.5, 0.6) is 0 Å². The van der Waals surface area contributed by atoms with Crippen LogP contribution in [0.3, 0.4) is 0 Å². The predicted octanol–water partition coefficient (Wildman–Crippen LogP) is 7.72. The molecule has 0 saturated carbocycles. The lowest BCUT2D eigenvalue weighted by molar-refractivity contribution is 0.532. The Morgan fingerprint density at radius 3 is 1.38 bits per heavy atom. The molecule has 0 aromatic rings. The SMILES string of the molecule is CC[CH]C(P)CCCCCCCCCCCCCCCC. The minimum Gasteiger partial charge on any atom is -0.134 e. The minimum absolute atomic E-state index is 0.757. The van der Waals surface area contributed by atoms with Crippen LogP contribution in [0, 0.1) is 6.42 Å². The van der Waals surface area contributed by atoms with Crippen molar-refractivity contribution in [2.24, 2.45) is 0 Å². The standard InChI is InChI=1S/C20H42P/c1-3-5-6-7-8-9-10-11-12-13-14-15-16-17-19-20(21)18-4-2/h18,20H,3-17,19,21H2,1-2H3. The maximum absolute atomic E-state index is 2.97. The van der Waals surface area contributed by atoms with Crippen molar-refractivity contribution in [1.29, 1.82) is 0 Å². The number of hydrogen-bond donors (Lipinski definition) is 0. The molecule has 2 unspecified atom stereocenters. The van der Waals surface area contributed by atoms with Crippen LogP contribution in [0.25, 0.3) is 0 Å². The molecule has 0 N–H and O–H groups in total. The quantitative estimate of drug-likeness (QED) is 0.190. The molecule has 0 saturated heterocycles. The van der Waals surface area contributed by atoms with Crippen molar-refractivity contribution in [2.45, 2.75) is 122 Å². The molecule has 21 heavy (non-hydrogen) atoms. The van der Waals surface area contributed by atoms with Gasteiger partial charge in [-0.2, -0.15) is 0 Å². The van der Waals surface area contributed by atoms with Gasteiger partial charge in [0.1, 0.15) is 0 Å². The van der Waals surface area contributed by atoms with Crippen molar-refractivity contribution >= 4 is 9.24 Å². The Balaban J connectivity index is 2.99. The van der Waals surface area contributed by atoms with Gasteiger partial charge in [-0.25, -0.2) is 0 Å². The zero-order chi connectivity index (χ0) is 15.6. The molecule has 0 heterocycles. The topological polar surface area (TPSA) is 0 Å². The summed E-state index contributed by atoms with van der Waals surface area (Å²) in [6.45, 7) is 4.53. The molecular formula is C20H42P. The molecule has 0 bridgehead atoms. The first-order chi connectivity index (χ1) is 10.3. The molecule has 1 radical (unpaired) electrons. The summed E-state index contributed by atoms with van der Waals surface area (Å²) in [6.07, 6.45) is 25.4. The summed E-state index contributed by atoms with van der Waals surface area (Å²) in [6, 6.07) is 0. The molecule has 0 aromatic heterocycles. The Hall–Kier alpha value is 0.430. The fraction of sp³-hybridized carbons (Fsp3) is 0.950. The second kappa shape index (κ2) is 18.5. The summed E-state index contributed by atoms with van der Waals surface area (Å²) < 4.78 is 0. The van der Waals surface area contributed by atoms with E-state index in [0.717, 1.165) is 5.66 Å². The summed E-state index contributed by atoms with van der Waals surface area (Å²) in [7, 11) is 2.97. The van der Waals surface area contributed by atoms with E-state index in [2.05, 4.69) is 29.5 Å². The van der Waals surface area contributed by atoms with Crippen LogP contribution in [0.15, 0.2) is 0 Å². The van der Waals surface area contributed by atoms with Crippen molar-refractivity contribution in [1.82, 2.24) is 0 Å². The Bertz CT molecular complexity index is 179. The summed E-state index contributed by atoms with van der Waals surface area (Å²) in [5.41, 5.74) is 0.757. The minimum atomic E-state index is 0.757. The second-order valence-electron chi connectivity index (χ2n) is 6.69. The van der Waals surface area contributed by atoms with E-state index in [9.17, 15) is 0 Å². The maximum Gasteiger partial charge on any atom is -0.0233 e. The molecular weight excluding hydrogens is 271 g/mol. The number of hydrogen-bond acceptors (Lipinski definition) is 0. The van der Waals surface area contributed by atoms with Crippen LogP contribution < -0.4 is 0 Å². The molecule has 0 amide bonds. The summed E-state index contributed by atoms with van der Waals surface area (Å²) in [5, 5.41) is 0. The fourth-order valence-corrected chi connectivity index (χ4v) is 3.50. The lowest BCUT2D eigenvalue weighted by atomic mass is 10.0. The van der Waals surface area contributed by atoms with Crippen LogP contribution in [-0.4, -0.2) is 5.66 Å². The van der Waals surface area contributed by atoms with E-state index in [0.29, 0.717) is 0 Å². The van der Waals surface area contributed by atoms with Crippen LogP contribution >= 0.6 is 9.24 Å². The monoisotopic (exact) mass is 313 g/mol. The number of unbranched alkanes of at least 4 members (excludes halogenated alkanes) is 13. The van der Waals surface area contributed by atoms with Crippen molar-refractivity contribution < 1.29 is 0 Å². The Morgan fingerprint density at radius 1 is 0.619 bits per heavy atom. The van der Waals surface area contributed by atoms with Crippen LogP contribution in [-0.2, 0) is 0 Å². The van der Waals surface area contributed by atoms with Gasteiger partial charge in [-0.1, -0.05) is 110 Å². The average molecular weight is 314 g/mol. The molecule has 0 aliphatic rings. The lowest BCUT2D eigenvalue weighted by Crippen LogP contribution is -1.97. The molecule has 0 nitrogen and oxygen atoms in total. The average Bonchev–Trinajstić information content (AvgIpc) is 2.48. The zero-order valence-corrected chi connectivity index (χ0v) is 16.2. The highest BCUT2D eigenvalue weighted by Crippen LogP contribution is 2.17. The van der Waals surface area contributed by atoms with E-state index in [-0.39, 0.29) is 0 Å². The van der Waals surface area contributed by atoms with Gasteiger partial charge in [-0.15, -0.1) is 9.24 Å². The molecule has 0 aromatic carbocycles. The Labute approximate surface area is 138 Å². The van der Waals surface area contributed by atoms with Gasteiger partial charge in [0.25, 0.3) is 0 Å². The molecule has 0 spiro atoms. The smallest absolute Gasteiger partial charge is 0.0233 e. The summed E-state index contributed by atoms with van der Waals surface area (Å²) >= 11 is 0. The van der Waals surface area contributed by atoms with Gasteiger partial charge in [-0.05, 0) is 18.5 Å². The number of rotatable bonds is 17.